The van der Waals surface area contributed by atoms with Gasteiger partial charge in [-0.2, -0.15) is 0 Å². The highest BCUT2D eigenvalue weighted by Crippen LogP contribution is 2.10. The standard InChI is InChI=1S/C21H42O4/c1-2-3-4-5-6-7-8-9-10-12-16-24-17-13-11-14-18-25-19-15-21(23)20-22/h15,19,21-23H,2-14,16-18,20H2,1H3. The molecule has 1 unspecified atom stereocenters. The van der Waals surface area contributed by atoms with Crippen molar-refractivity contribution in [1.82, 2.24) is 0 Å². The number of ether oxygens (including phenoxy) is 2. The van der Waals surface area contributed by atoms with E-state index in [2.05, 4.69) is 6.92 Å². The third-order valence-electron chi connectivity index (χ3n) is 4.28. The second-order valence-corrected chi connectivity index (χ2v) is 6.80. The fraction of sp³-hybridized carbons (Fsp3) is 0.905. The van der Waals surface area contributed by atoms with Gasteiger partial charge in [0.25, 0.3) is 0 Å². The summed E-state index contributed by atoms with van der Waals surface area (Å²) in [4.78, 5) is 0. The fourth-order valence-corrected chi connectivity index (χ4v) is 2.64. The minimum Gasteiger partial charge on any atom is -0.501 e. The first kappa shape index (κ1) is 24.4. The summed E-state index contributed by atoms with van der Waals surface area (Å²) >= 11 is 0. The van der Waals surface area contributed by atoms with E-state index in [1.807, 2.05) is 0 Å². The molecule has 0 amide bonds. The van der Waals surface area contributed by atoms with E-state index in [-0.39, 0.29) is 6.61 Å². The van der Waals surface area contributed by atoms with Crippen LogP contribution in [0.1, 0.15) is 90.4 Å². The molecule has 0 fully saturated rings. The molecular formula is C21H42O4. The molecule has 0 spiro atoms. The lowest BCUT2D eigenvalue weighted by molar-refractivity contribution is 0.122. The molecule has 0 saturated carbocycles. The summed E-state index contributed by atoms with van der Waals surface area (Å²) in [5, 5.41) is 17.7. The number of hydrogen-bond donors (Lipinski definition) is 2. The van der Waals surface area contributed by atoms with E-state index < -0.39 is 6.10 Å². The van der Waals surface area contributed by atoms with Crippen LogP contribution in [0.25, 0.3) is 0 Å². The summed E-state index contributed by atoms with van der Waals surface area (Å²) in [5.41, 5.74) is 0. The monoisotopic (exact) mass is 358 g/mol. The molecule has 0 saturated heterocycles. The lowest BCUT2D eigenvalue weighted by Gasteiger charge is -2.05. The maximum absolute atomic E-state index is 9.07. The van der Waals surface area contributed by atoms with Gasteiger partial charge in [0.1, 0.15) is 0 Å². The van der Waals surface area contributed by atoms with Gasteiger partial charge >= 0.3 is 0 Å². The van der Waals surface area contributed by atoms with Gasteiger partial charge in [0.05, 0.1) is 25.6 Å². The molecule has 150 valence electrons. The molecule has 0 aliphatic heterocycles. The lowest BCUT2D eigenvalue weighted by Crippen LogP contribution is -2.07. The largest absolute Gasteiger partial charge is 0.501 e. The van der Waals surface area contributed by atoms with E-state index in [9.17, 15) is 0 Å². The molecule has 0 aromatic carbocycles. The van der Waals surface area contributed by atoms with E-state index in [0.717, 1.165) is 32.5 Å². The zero-order valence-electron chi connectivity index (χ0n) is 16.5. The highest BCUT2D eigenvalue weighted by atomic mass is 16.5. The van der Waals surface area contributed by atoms with Crippen LogP contribution >= 0.6 is 0 Å². The summed E-state index contributed by atoms with van der Waals surface area (Å²) in [6.07, 6.45) is 18.9. The summed E-state index contributed by atoms with van der Waals surface area (Å²) in [7, 11) is 0. The zero-order valence-corrected chi connectivity index (χ0v) is 16.5. The zero-order chi connectivity index (χ0) is 18.4. The molecule has 0 heterocycles. The second-order valence-electron chi connectivity index (χ2n) is 6.80. The van der Waals surface area contributed by atoms with Crippen LogP contribution in [0, 0.1) is 0 Å². The van der Waals surface area contributed by atoms with Gasteiger partial charge in [-0.25, -0.2) is 0 Å². The number of aliphatic hydroxyl groups excluding tert-OH is 2. The molecule has 1 atom stereocenters. The minimum atomic E-state index is -0.820. The number of unbranched alkanes of at least 4 members (excludes halogenated alkanes) is 11. The van der Waals surface area contributed by atoms with Crippen LogP contribution in [0.4, 0.5) is 0 Å². The van der Waals surface area contributed by atoms with Crippen molar-refractivity contribution in [2.24, 2.45) is 0 Å². The summed E-state index contributed by atoms with van der Waals surface area (Å²) in [6, 6.07) is 0. The van der Waals surface area contributed by atoms with E-state index >= 15 is 0 Å². The molecule has 0 aliphatic carbocycles. The highest BCUT2D eigenvalue weighted by molar-refractivity contribution is 4.81. The molecule has 4 heteroatoms. The molecular weight excluding hydrogens is 316 g/mol. The van der Waals surface area contributed by atoms with Crippen molar-refractivity contribution in [3.8, 4) is 0 Å². The molecule has 4 nitrogen and oxygen atoms in total. The molecule has 2 N–H and O–H groups in total. The van der Waals surface area contributed by atoms with Crippen molar-refractivity contribution in [2.75, 3.05) is 26.4 Å². The normalized spacial score (nSPS) is 12.8. The Labute approximate surface area is 155 Å². The minimum absolute atomic E-state index is 0.268. The number of aliphatic hydroxyl groups is 2. The van der Waals surface area contributed by atoms with Crippen LogP contribution in [0.15, 0.2) is 12.3 Å². The van der Waals surface area contributed by atoms with Crippen molar-refractivity contribution in [3.05, 3.63) is 12.3 Å². The van der Waals surface area contributed by atoms with Crippen LogP contribution < -0.4 is 0 Å². The van der Waals surface area contributed by atoms with Gasteiger partial charge in [0.2, 0.25) is 0 Å². The van der Waals surface area contributed by atoms with E-state index in [1.54, 1.807) is 0 Å². The summed E-state index contributed by atoms with van der Waals surface area (Å²) < 4.78 is 10.9. The number of rotatable bonds is 20. The Morgan fingerprint density at radius 2 is 1.20 bits per heavy atom. The Morgan fingerprint density at radius 3 is 1.76 bits per heavy atom. The van der Waals surface area contributed by atoms with Crippen molar-refractivity contribution < 1.29 is 19.7 Å². The molecule has 25 heavy (non-hydrogen) atoms. The van der Waals surface area contributed by atoms with Crippen LogP contribution in [-0.4, -0.2) is 42.7 Å². The maximum Gasteiger partial charge on any atom is 0.0983 e. The van der Waals surface area contributed by atoms with E-state index in [0.29, 0.717) is 6.61 Å². The average Bonchev–Trinajstić information content (AvgIpc) is 2.63. The van der Waals surface area contributed by atoms with E-state index in [4.69, 9.17) is 19.7 Å². The third-order valence-corrected chi connectivity index (χ3v) is 4.28. The van der Waals surface area contributed by atoms with Crippen molar-refractivity contribution >= 4 is 0 Å². The first-order valence-corrected chi connectivity index (χ1v) is 10.5. The Morgan fingerprint density at radius 1 is 0.720 bits per heavy atom. The van der Waals surface area contributed by atoms with Crippen LogP contribution in [0.5, 0.6) is 0 Å². The topological polar surface area (TPSA) is 58.9 Å². The molecule has 0 rings (SSSR count). The van der Waals surface area contributed by atoms with Gasteiger partial charge in [-0.3, -0.25) is 0 Å². The van der Waals surface area contributed by atoms with Crippen molar-refractivity contribution in [1.29, 1.82) is 0 Å². The molecule has 0 bridgehead atoms. The second kappa shape index (κ2) is 21.5. The predicted octanol–water partition coefficient (Wildman–Crippen LogP) is 4.98. The quantitative estimate of drug-likeness (QED) is 0.238. The third kappa shape index (κ3) is 21.4. The van der Waals surface area contributed by atoms with Gasteiger partial charge in [0, 0.05) is 13.2 Å². The van der Waals surface area contributed by atoms with E-state index in [1.165, 1.54) is 76.5 Å². The summed E-state index contributed by atoms with van der Waals surface area (Å²) in [6.45, 7) is 4.39. The van der Waals surface area contributed by atoms with Gasteiger partial charge in [0.15, 0.2) is 0 Å². The molecule has 0 aliphatic rings. The van der Waals surface area contributed by atoms with Crippen LogP contribution in [0.3, 0.4) is 0 Å². The molecule has 0 radical (unpaired) electrons. The lowest BCUT2D eigenvalue weighted by atomic mass is 10.1. The first-order chi connectivity index (χ1) is 12.3. The van der Waals surface area contributed by atoms with Crippen molar-refractivity contribution in [3.63, 3.8) is 0 Å². The molecule has 0 aromatic heterocycles. The Hall–Kier alpha value is -0.580. The Kier molecular flexibility index (Phi) is 21.0. The predicted molar refractivity (Wildman–Crippen MR) is 105 cm³/mol. The Balaban J connectivity index is 3.04. The van der Waals surface area contributed by atoms with Crippen molar-refractivity contribution in [2.45, 2.75) is 96.5 Å². The van der Waals surface area contributed by atoms with Gasteiger partial charge in [-0.05, 0) is 31.8 Å². The van der Waals surface area contributed by atoms with Gasteiger partial charge in [-0.15, -0.1) is 0 Å². The van der Waals surface area contributed by atoms with Crippen LogP contribution in [0.2, 0.25) is 0 Å². The fourth-order valence-electron chi connectivity index (χ4n) is 2.64. The smallest absolute Gasteiger partial charge is 0.0983 e. The first-order valence-electron chi connectivity index (χ1n) is 10.5. The highest BCUT2D eigenvalue weighted by Gasteiger charge is 1.95. The molecule has 0 aromatic rings. The van der Waals surface area contributed by atoms with Gasteiger partial charge < -0.3 is 19.7 Å². The Bertz CT molecular complexity index is 269. The number of hydrogen-bond acceptors (Lipinski definition) is 4. The van der Waals surface area contributed by atoms with Crippen LogP contribution in [-0.2, 0) is 9.47 Å². The SMILES string of the molecule is CCCCCCCCCCCCOCCCCCOC=CC(O)CO. The maximum atomic E-state index is 9.07. The average molecular weight is 359 g/mol. The summed E-state index contributed by atoms with van der Waals surface area (Å²) in [5.74, 6) is 0. The van der Waals surface area contributed by atoms with Gasteiger partial charge in [-0.1, -0.05) is 64.7 Å².